The third-order valence-electron chi connectivity index (χ3n) is 6.87. The van der Waals surface area contributed by atoms with Crippen LogP contribution in [0.15, 0.2) is 90.3 Å². The van der Waals surface area contributed by atoms with E-state index in [2.05, 4.69) is 15.6 Å². The van der Waals surface area contributed by atoms with Gasteiger partial charge in [-0.15, -0.1) is 0 Å². The van der Waals surface area contributed by atoms with Crippen molar-refractivity contribution >= 4 is 17.8 Å². The summed E-state index contributed by atoms with van der Waals surface area (Å²) >= 11 is 0. The number of likely N-dealkylation sites (N-methyl/N-ethyl adjacent to an activating group) is 1. The van der Waals surface area contributed by atoms with Crippen molar-refractivity contribution in [2.24, 2.45) is 0 Å². The Morgan fingerprint density at radius 1 is 1.11 bits per heavy atom. The number of amides is 4. The van der Waals surface area contributed by atoms with Gasteiger partial charge in [-0.05, 0) is 42.3 Å². The van der Waals surface area contributed by atoms with Gasteiger partial charge in [0.05, 0.1) is 36.1 Å². The Bertz CT molecular complexity index is 1380. The van der Waals surface area contributed by atoms with Crippen LogP contribution >= 0.6 is 0 Å². The molecule has 1 aromatic heterocycles. The predicted molar refractivity (Wildman–Crippen MR) is 139 cm³/mol. The Hall–Kier alpha value is -4.53. The van der Waals surface area contributed by atoms with Crippen molar-refractivity contribution < 1.29 is 18.8 Å². The lowest BCUT2D eigenvalue weighted by atomic mass is 9.95. The molecule has 4 amide bonds. The van der Waals surface area contributed by atoms with E-state index in [1.54, 1.807) is 24.4 Å². The molecule has 0 bridgehead atoms. The third-order valence-corrected chi connectivity index (χ3v) is 6.87. The van der Waals surface area contributed by atoms with Crippen molar-refractivity contribution in [2.75, 3.05) is 13.1 Å². The third kappa shape index (κ3) is 5.00. The minimum Gasteiger partial charge on any atom is -0.349 e. The largest absolute Gasteiger partial charge is 0.349 e. The van der Waals surface area contributed by atoms with Gasteiger partial charge in [-0.1, -0.05) is 48.5 Å². The molecule has 0 unspecified atom stereocenters. The maximum atomic E-state index is 14.1. The van der Waals surface area contributed by atoms with Crippen molar-refractivity contribution in [3.05, 3.63) is 113 Å². The first-order chi connectivity index (χ1) is 18.5. The van der Waals surface area contributed by atoms with Crippen LogP contribution in [0.2, 0.25) is 0 Å². The summed E-state index contributed by atoms with van der Waals surface area (Å²) in [6, 6.07) is 18.8. The Kier molecular flexibility index (Phi) is 7.17. The number of nitrogens with zero attached hydrogens (tertiary/aromatic N) is 3. The summed E-state index contributed by atoms with van der Waals surface area (Å²) in [5.41, 5.74) is 2.95. The minimum absolute atomic E-state index is 0.0930. The van der Waals surface area contributed by atoms with Crippen molar-refractivity contribution in [1.82, 2.24) is 25.4 Å². The average molecular weight is 514 g/mol. The normalized spacial score (nSPS) is 17.8. The monoisotopic (exact) mass is 513 g/mol. The molecular formula is C29H28FN5O3. The second-order valence-electron chi connectivity index (χ2n) is 9.22. The van der Waals surface area contributed by atoms with Gasteiger partial charge < -0.3 is 15.5 Å². The molecule has 2 aliphatic heterocycles. The van der Waals surface area contributed by atoms with Crippen LogP contribution in [0, 0.1) is 5.82 Å². The number of carbonyl (C=O) groups excluding carboxylic acids is 3. The van der Waals surface area contributed by atoms with Gasteiger partial charge in [-0.2, -0.15) is 0 Å². The molecule has 3 heterocycles. The summed E-state index contributed by atoms with van der Waals surface area (Å²) in [6.07, 6.45) is 1.94. The molecule has 2 N–H and O–H groups in total. The number of hydrogen-bond acceptors (Lipinski definition) is 4. The molecule has 2 atom stereocenters. The molecule has 38 heavy (non-hydrogen) atoms. The van der Waals surface area contributed by atoms with E-state index in [4.69, 9.17) is 0 Å². The SMILES string of the molecule is CCN1C(=O)N[C@@H](c2cccc(F)c2)C2=C1CN([C@@H](Cc1ccccc1)C(=O)NCc1ccccn1)C2=O. The number of urea groups is 1. The molecule has 0 saturated heterocycles. The van der Waals surface area contributed by atoms with Crippen LogP contribution in [0.4, 0.5) is 9.18 Å². The number of carbonyl (C=O) groups is 3. The van der Waals surface area contributed by atoms with Crippen molar-refractivity contribution in [3.8, 4) is 0 Å². The highest BCUT2D eigenvalue weighted by atomic mass is 19.1. The number of nitrogens with one attached hydrogen (secondary N) is 2. The maximum Gasteiger partial charge on any atom is 0.322 e. The maximum absolute atomic E-state index is 14.1. The van der Waals surface area contributed by atoms with Crippen molar-refractivity contribution in [2.45, 2.75) is 32.0 Å². The van der Waals surface area contributed by atoms with E-state index in [1.165, 1.54) is 21.9 Å². The topological polar surface area (TPSA) is 94.6 Å². The molecule has 8 nitrogen and oxygen atoms in total. The molecular weight excluding hydrogens is 485 g/mol. The fourth-order valence-corrected chi connectivity index (χ4v) is 5.02. The Morgan fingerprint density at radius 3 is 2.61 bits per heavy atom. The lowest BCUT2D eigenvalue weighted by Crippen LogP contribution is -2.49. The second kappa shape index (κ2) is 10.8. The Balaban J connectivity index is 1.48. The molecule has 0 fully saturated rings. The molecule has 9 heteroatoms. The van der Waals surface area contributed by atoms with Crippen molar-refractivity contribution in [3.63, 3.8) is 0 Å². The number of aromatic nitrogens is 1. The van der Waals surface area contributed by atoms with Crippen LogP contribution in [-0.4, -0.2) is 51.8 Å². The van der Waals surface area contributed by atoms with Crippen LogP contribution in [0.25, 0.3) is 0 Å². The van der Waals surface area contributed by atoms with E-state index >= 15 is 0 Å². The van der Waals surface area contributed by atoms with Crippen LogP contribution in [0.1, 0.15) is 29.8 Å². The molecule has 0 aliphatic carbocycles. The fourth-order valence-electron chi connectivity index (χ4n) is 5.02. The highest BCUT2D eigenvalue weighted by molar-refractivity contribution is 6.03. The van der Waals surface area contributed by atoms with Gasteiger partial charge in [0.1, 0.15) is 11.9 Å². The summed E-state index contributed by atoms with van der Waals surface area (Å²) < 4.78 is 14.1. The zero-order chi connectivity index (χ0) is 26.6. The Morgan fingerprint density at radius 2 is 1.89 bits per heavy atom. The fraction of sp³-hybridized carbons (Fsp3) is 0.241. The van der Waals surface area contributed by atoms with Crippen LogP contribution < -0.4 is 10.6 Å². The number of halogens is 1. The molecule has 0 saturated carbocycles. The highest BCUT2D eigenvalue weighted by Crippen LogP contribution is 2.37. The van der Waals surface area contributed by atoms with Gasteiger partial charge in [0.2, 0.25) is 5.91 Å². The van der Waals surface area contributed by atoms with Gasteiger partial charge in [-0.25, -0.2) is 9.18 Å². The minimum atomic E-state index is -0.832. The zero-order valence-corrected chi connectivity index (χ0v) is 20.9. The molecule has 3 aromatic rings. The lowest BCUT2D eigenvalue weighted by Gasteiger charge is -2.32. The molecule has 0 spiro atoms. The number of rotatable bonds is 8. The lowest BCUT2D eigenvalue weighted by molar-refractivity contribution is -0.136. The first-order valence-electron chi connectivity index (χ1n) is 12.5. The molecule has 2 aromatic carbocycles. The van der Waals surface area contributed by atoms with Gasteiger partial charge in [0.15, 0.2) is 0 Å². The number of hydrogen-bond donors (Lipinski definition) is 2. The van der Waals surface area contributed by atoms with Crippen LogP contribution in [0.3, 0.4) is 0 Å². The standard InChI is InChI=1S/C29H28FN5O3/c1-2-34-24-18-35(28(37)25(24)26(33-29(34)38)20-11-8-12-21(30)16-20)23(15-19-9-4-3-5-10-19)27(36)32-17-22-13-6-7-14-31-22/h3-14,16,23,26H,2,15,17-18H2,1H3,(H,32,36)(H,33,38)/t23-,26-/m0/s1. The van der Waals surface area contributed by atoms with Gasteiger partial charge in [0, 0.05) is 19.2 Å². The van der Waals surface area contributed by atoms with Crippen LogP contribution in [-0.2, 0) is 22.6 Å². The number of benzene rings is 2. The summed E-state index contributed by atoms with van der Waals surface area (Å²) in [5, 5.41) is 5.78. The summed E-state index contributed by atoms with van der Waals surface area (Å²) in [5.74, 6) is -1.14. The molecule has 194 valence electrons. The first kappa shape index (κ1) is 25.1. The summed E-state index contributed by atoms with van der Waals surface area (Å²) in [4.78, 5) is 47.8. The average Bonchev–Trinajstić information content (AvgIpc) is 3.27. The van der Waals surface area contributed by atoms with E-state index in [-0.39, 0.29) is 30.9 Å². The van der Waals surface area contributed by atoms with E-state index < -0.39 is 17.9 Å². The van der Waals surface area contributed by atoms with Gasteiger partial charge >= 0.3 is 6.03 Å². The van der Waals surface area contributed by atoms with E-state index in [1.807, 2.05) is 49.4 Å². The van der Waals surface area contributed by atoms with Crippen LogP contribution in [0.5, 0.6) is 0 Å². The quantitative estimate of drug-likeness (QED) is 0.483. The molecule has 0 radical (unpaired) electrons. The van der Waals surface area contributed by atoms with E-state index in [9.17, 15) is 18.8 Å². The summed E-state index contributed by atoms with van der Waals surface area (Å²) in [6.45, 7) is 2.47. The van der Waals surface area contributed by atoms with E-state index in [0.29, 0.717) is 35.5 Å². The molecule has 2 aliphatic rings. The van der Waals surface area contributed by atoms with E-state index in [0.717, 1.165) is 5.56 Å². The first-order valence-corrected chi connectivity index (χ1v) is 12.5. The summed E-state index contributed by atoms with van der Waals surface area (Å²) in [7, 11) is 0. The Labute approximate surface area is 220 Å². The van der Waals surface area contributed by atoms with Gasteiger partial charge in [0.25, 0.3) is 5.91 Å². The second-order valence-corrected chi connectivity index (χ2v) is 9.22. The predicted octanol–water partition coefficient (Wildman–Crippen LogP) is 3.33. The van der Waals surface area contributed by atoms with Crippen molar-refractivity contribution in [1.29, 1.82) is 0 Å². The molecule has 5 rings (SSSR count). The van der Waals surface area contributed by atoms with Gasteiger partial charge in [-0.3, -0.25) is 19.5 Å². The smallest absolute Gasteiger partial charge is 0.322 e. The highest BCUT2D eigenvalue weighted by Gasteiger charge is 2.46. The zero-order valence-electron chi connectivity index (χ0n) is 20.9. The number of pyridine rings is 1.